The molecule has 234 valence electrons. The van der Waals surface area contributed by atoms with Crippen molar-refractivity contribution >= 4 is 23.0 Å². The molecule has 1 amide bonds. The number of anilines is 2. The summed E-state index contributed by atoms with van der Waals surface area (Å²) in [6.45, 7) is 1.26. The standard InChI is InChI=1S/C36H32F3N5O2/c37-36(38,39)33(41)20-32(43-29-10-4-8-26(18-29)21-40)35(45)44-30-11-5-9-28(19-30)34(42-22-24-12-13-24)27-14-16-31(17-15-27)46-23-25-6-2-1-3-7-25/h1-11,14-20,24,34,41-43H,12-13,22-23H2,(H,44,45)/b32-20-,41-33?. The van der Waals surface area contributed by atoms with Crippen LogP contribution >= 0.6 is 0 Å². The van der Waals surface area contributed by atoms with Gasteiger partial charge in [0.2, 0.25) is 0 Å². The second-order valence-electron chi connectivity index (χ2n) is 11.0. The average molecular weight is 624 g/mol. The zero-order valence-corrected chi connectivity index (χ0v) is 24.8. The van der Waals surface area contributed by atoms with Crippen molar-refractivity contribution in [2.24, 2.45) is 5.92 Å². The normalized spacial score (nSPS) is 13.7. The van der Waals surface area contributed by atoms with E-state index in [1.165, 1.54) is 24.3 Å². The number of hydrogen-bond acceptors (Lipinski definition) is 6. The molecule has 10 heteroatoms. The maximum Gasteiger partial charge on any atom is 0.432 e. The van der Waals surface area contributed by atoms with Gasteiger partial charge in [-0.05, 0) is 90.5 Å². The van der Waals surface area contributed by atoms with Crippen molar-refractivity contribution < 1.29 is 22.7 Å². The zero-order valence-electron chi connectivity index (χ0n) is 24.8. The van der Waals surface area contributed by atoms with Gasteiger partial charge in [0, 0.05) is 11.4 Å². The van der Waals surface area contributed by atoms with Crippen molar-refractivity contribution in [2.75, 3.05) is 17.2 Å². The van der Waals surface area contributed by atoms with Gasteiger partial charge in [-0.15, -0.1) is 0 Å². The van der Waals surface area contributed by atoms with E-state index >= 15 is 0 Å². The third kappa shape index (κ3) is 9.06. The average Bonchev–Trinajstić information content (AvgIpc) is 3.89. The van der Waals surface area contributed by atoms with Crippen LogP contribution in [0.2, 0.25) is 0 Å². The highest BCUT2D eigenvalue weighted by molar-refractivity contribution is 6.11. The molecular weight excluding hydrogens is 591 g/mol. The fourth-order valence-electron chi connectivity index (χ4n) is 4.73. The van der Waals surface area contributed by atoms with Crippen LogP contribution in [0.15, 0.2) is 115 Å². The van der Waals surface area contributed by atoms with Crippen LogP contribution in [0.25, 0.3) is 0 Å². The van der Waals surface area contributed by atoms with E-state index in [9.17, 15) is 23.2 Å². The lowest BCUT2D eigenvalue weighted by molar-refractivity contribution is -0.112. The van der Waals surface area contributed by atoms with Gasteiger partial charge in [0.25, 0.3) is 5.91 Å². The number of rotatable bonds is 13. The van der Waals surface area contributed by atoms with Gasteiger partial charge < -0.3 is 20.7 Å². The minimum Gasteiger partial charge on any atom is -0.489 e. The highest BCUT2D eigenvalue weighted by atomic mass is 19.4. The number of halogens is 3. The second kappa shape index (κ2) is 14.6. The minimum atomic E-state index is -4.95. The quantitative estimate of drug-likeness (QED) is 0.0900. The first-order valence-electron chi connectivity index (χ1n) is 14.7. The molecule has 0 spiro atoms. The van der Waals surface area contributed by atoms with E-state index in [4.69, 9.17) is 10.1 Å². The van der Waals surface area contributed by atoms with E-state index in [1.807, 2.05) is 66.7 Å². The Balaban J connectivity index is 1.35. The molecule has 7 nitrogen and oxygen atoms in total. The van der Waals surface area contributed by atoms with E-state index in [2.05, 4.69) is 16.0 Å². The number of allylic oxidation sites excluding steroid dienone is 1. The Morgan fingerprint density at radius 2 is 1.61 bits per heavy atom. The van der Waals surface area contributed by atoms with Crippen LogP contribution in [0.1, 0.15) is 41.1 Å². The summed E-state index contributed by atoms with van der Waals surface area (Å²) in [5.41, 5.74) is 1.53. The lowest BCUT2D eigenvalue weighted by Gasteiger charge is -2.21. The summed E-state index contributed by atoms with van der Waals surface area (Å²) in [6, 6.07) is 32.5. The van der Waals surface area contributed by atoms with Gasteiger partial charge in [0.1, 0.15) is 23.8 Å². The first-order chi connectivity index (χ1) is 22.2. The van der Waals surface area contributed by atoms with Crippen LogP contribution in [-0.2, 0) is 11.4 Å². The molecule has 0 heterocycles. The van der Waals surface area contributed by atoms with E-state index in [-0.39, 0.29) is 17.3 Å². The molecule has 4 aromatic carbocycles. The number of hydrogen-bond donors (Lipinski definition) is 4. The van der Waals surface area contributed by atoms with Crippen LogP contribution in [-0.4, -0.2) is 24.3 Å². The lowest BCUT2D eigenvalue weighted by atomic mass is 9.97. The molecule has 1 unspecified atom stereocenters. The van der Waals surface area contributed by atoms with Crippen molar-refractivity contribution in [3.8, 4) is 11.8 Å². The van der Waals surface area contributed by atoms with E-state index < -0.39 is 23.5 Å². The van der Waals surface area contributed by atoms with Crippen LogP contribution < -0.4 is 20.7 Å². The third-order valence-corrected chi connectivity index (χ3v) is 7.36. The summed E-state index contributed by atoms with van der Waals surface area (Å²) >= 11 is 0. The van der Waals surface area contributed by atoms with Crippen molar-refractivity contribution in [3.63, 3.8) is 0 Å². The molecule has 1 fully saturated rings. The van der Waals surface area contributed by atoms with Gasteiger partial charge in [-0.3, -0.25) is 10.2 Å². The van der Waals surface area contributed by atoms with Gasteiger partial charge in [-0.1, -0.05) is 60.7 Å². The number of nitrogens with one attached hydrogen (secondary N) is 4. The molecule has 0 saturated heterocycles. The molecule has 1 saturated carbocycles. The molecule has 0 radical (unpaired) electrons. The smallest absolute Gasteiger partial charge is 0.432 e. The summed E-state index contributed by atoms with van der Waals surface area (Å²) < 4.78 is 45.7. The largest absolute Gasteiger partial charge is 0.489 e. The monoisotopic (exact) mass is 623 g/mol. The van der Waals surface area contributed by atoms with E-state index in [1.54, 1.807) is 18.2 Å². The SMILES string of the molecule is N#Cc1cccc(N/C(=C\C(=N)C(F)(F)F)C(=O)Nc2cccc(C(NCC3CC3)c3ccc(OCc4ccccc4)cc3)c2)c1. The third-order valence-electron chi connectivity index (χ3n) is 7.36. The van der Waals surface area contributed by atoms with Gasteiger partial charge in [-0.2, -0.15) is 18.4 Å². The molecule has 0 aromatic heterocycles. The molecule has 0 aliphatic heterocycles. The fourth-order valence-corrected chi connectivity index (χ4v) is 4.73. The topological polar surface area (TPSA) is 110 Å². The Morgan fingerprint density at radius 1 is 0.913 bits per heavy atom. The first-order valence-corrected chi connectivity index (χ1v) is 14.7. The molecule has 5 rings (SSSR count). The lowest BCUT2D eigenvalue weighted by Crippen LogP contribution is -2.26. The molecule has 4 N–H and O–H groups in total. The summed E-state index contributed by atoms with van der Waals surface area (Å²) in [5.74, 6) is 0.447. The number of amides is 1. The Morgan fingerprint density at radius 3 is 2.28 bits per heavy atom. The maximum atomic E-state index is 13.3. The Labute approximate surface area is 265 Å². The van der Waals surface area contributed by atoms with Gasteiger partial charge in [0.15, 0.2) is 0 Å². The number of benzene rings is 4. The molecule has 1 aliphatic rings. The van der Waals surface area contributed by atoms with E-state index in [0.717, 1.165) is 41.8 Å². The van der Waals surface area contributed by atoms with Crippen molar-refractivity contribution in [3.05, 3.63) is 137 Å². The van der Waals surface area contributed by atoms with Crippen molar-refractivity contribution in [2.45, 2.75) is 31.7 Å². The van der Waals surface area contributed by atoms with E-state index in [0.29, 0.717) is 24.3 Å². The van der Waals surface area contributed by atoms with Crippen LogP contribution in [0.4, 0.5) is 24.5 Å². The Bertz CT molecular complexity index is 1740. The minimum absolute atomic E-state index is 0.221. The predicted octanol–water partition coefficient (Wildman–Crippen LogP) is 7.74. The van der Waals surface area contributed by atoms with Crippen molar-refractivity contribution in [1.29, 1.82) is 10.7 Å². The molecule has 0 bridgehead atoms. The molecule has 4 aromatic rings. The van der Waals surface area contributed by atoms with Gasteiger partial charge in [-0.25, -0.2) is 0 Å². The molecular formula is C36H32F3N5O2. The molecule has 1 atom stereocenters. The predicted molar refractivity (Wildman–Crippen MR) is 172 cm³/mol. The number of alkyl halides is 3. The summed E-state index contributed by atoms with van der Waals surface area (Å²) in [5, 5.41) is 25.6. The van der Waals surface area contributed by atoms with Crippen LogP contribution in [0.3, 0.4) is 0 Å². The Hall–Kier alpha value is -5.40. The highest BCUT2D eigenvalue weighted by Crippen LogP contribution is 2.31. The molecule has 1 aliphatic carbocycles. The second-order valence-corrected chi connectivity index (χ2v) is 11.0. The fraction of sp³-hybridized carbons (Fsp3) is 0.194. The maximum absolute atomic E-state index is 13.3. The number of carbonyl (C=O) groups is 1. The first kappa shape index (κ1) is 32.0. The van der Waals surface area contributed by atoms with Crippen LogP contribution in [0, 0.1) is 22.7 Å². The van der Waals surface area contributed by atoms with Gasteiger partial charge >= 0.3 is 6.18 Å². The zero-order chi connectivity index (χ0) is 32.5. The molecule has 46 heavy (non-hydrogen) atoms. The van der Waals surface area contributed by atoms with Crippen LogP contribution in [0.5, 0.6) is 5.75 Å². The highest BCUT2D eigenvalue weighted by Gasteiger charge is 2.33. The number of carbonyl (C=O) groups excluding carboxylic acids is 1. The van der Waals surface area contributed by atoms with Gasteiger partial charge in [0.05, 0.1) is 17.7 Å². The Kier molecular flexibility index (Phi) is 10.1. The number of nitriles is 1. The van der Waals surface area contributed by atoms with Crippen molar-refractivity contribution in [1.82, 2.24) is 5.32 Å². The number of ether oxygens (including phenoxy) is 1. The summed E-state index contributed by atoms with van der Waals surface area (Å²) in [6.07, 6.45) is -2.20. The summed E-state index contributed by atoms with van der Waals surface area (Å²) in [7, 11) is 0. The summed E-state index contributed by atoms with van der Waals surface area (Å²) in [4.78, 5) is 13.3. The number of nitrogens with zero attached hydrogens (tertiary/aromatic N) is 1.